The molecule has 0 bridgehead atoms. The highest BCUT2D eigenvalue weighted by Gasteiger charge is 2.44. The van der Waals surface area contributed by atoms with Gasteiger partial charge in [-0.3, -0.25) is 10.0 Å². The van der Waals surface area contributed by atoms with E-state index < -0.39 is 26.9 Å². The summed E-state index contributed by atoms with van der Waals surface area (Å²) >= 11 is 1.53. The molecule has 0 atom stereocenters. The molecule has 0 saturated carbocycles. The maximum atomic E-state index is 13.0. The number of carbonyl (C=O) groups is 1. The van der Waals surface area contributed by atoms with Gasteiger partial charge >= 0.3 is 0 Å². The third-order valence-corrected chi connectivity index (χ3v) is 8.01. The second-order valence-corrected chi connectivity index (χ2v) is 10.3. The highest BCUT2D eigenvalue weighted by atomic mass is 32.2. The van der Waals surface area contributed by atoms with E-state index in [2.05, 4.69) is 4.98 Å². The summed E-state index contributed by atoms with van der Waals surface area (Å²) in [5, 5.41) is 11.1. The van der Waals surface area contributed by atoms with Gasteiger partial charge in [0.1, 0.15) is 11.5 Å². The number of benzene rings is 2. The lowest BCUT2D eigenvalue weighted by molar-refractivity contribution is -0.143. The predicted octanol–water partition coefficient (Wildman–Crippen LogP) is 3.68. The number of hydrogen-bond donors (Lipinski definition) is 2. The molecule has 168 valence electrons. The maximum absolute atomic E-state index is 13.0. The Hall–Kier alpha value is -2.79. The largest absolute Gasteiger partial charge is 0.457 e. The third kappa shape index (κ3) is 4.83. The molecule has 2 aromatic carbocycles. The first kappa shape index (κ1) is 22.4. The lowest BCUT2D eigenvalue weighted by atomic mass is 9.81. The fourth-order valence-electron chi connectivity index (χ4n) is 3.66. The van der Waals surface area contributed by atoms with Crippen LogP contribution >= 0.6 is 11.3 Å². The smallest absolute Gasteiger partial charge is 0.250 e. The molecular weight excluding hydrogens is 452 g/mol. The second kappa shape index (κ2) is 9.37. The van der Waals surface area contributed by atoms with Crippen LogP contribution in [0, 0.1) is 5.41 Å². The van der Waals surface area contributed by atoms with E-state index in [1.54, 1.807) is 23.1 Å². The summed E-state index contributed by atoms with van der Waals surface area (Å²) in [5.41, 5.74) is 4.04. The van der Waals surface area contributed by atoms with Crippen LogP contribution in [-0.2, 0) is 19.4 Å². The third-order valence-electron chi connectivity index (χ3n) is 5.50. The zero-order valence-electron chi connectivity index (χ0n) is 17.1. The number of nitrogens with zero attached hydrogens (tertiary/aromatic N) is 1. The number of hydrogen-bond acceptors (Lipinski definition) is 8. The number of ether oxygens (including phenoxy) is 2. The average molecular weight is 475 g/mol. The van der Waals surface area contributed by atoms with Crippen LogP contribution in [0.1, 0.15) is 12.8 Å². The summed E-state index contributed by atoms with van der Waals surface area (Å²) in [5.74, 6) is -0.0151. The number of rotatable bonds is 7. The van der Waals surface area contributed by atoms with Gasteiger partial charge in [0.05, 0.1) is 27.3 Å². The normalized spacial score (nSPS) is 15.8. The predicted molar refractivity (Wildman–Crippen MR) is 119 cm³/mol. The molecule has 0 unspecified atom stereocenters. The molecule has 8 nitrogen and oxygen atoms in total. The van der Waals surface area contributed by atoms with E-state index in [0.29, 0.717) is 11.5 Å². The number of carbonyl (C=O) groups excluding carboxylic acids is 1. The van der Waals surface area contributed by atoms with Crippen LogP contribution in [0.3, 0.4) is 0 Å². The van der Waals surface area contributed by atoms with Gasteiger partial charge in [0.25, 0.3) is 5.91 Å². The van der Waals surface area contributed by atoms with Gasteiger partial charge in [0.2, 0.25) is 0 Å². The van der Waals surface area contributed by atoms with Crippen molar-refractivity contribution >= 4 is 27.1 Å². The summed E-state index contributed by atoms with van der Waals surface area (Å²) in [7, 11) is -3.78. The molecule has 1 aliphatic heterocycles. The Bertz CT molecular complexity index is 1150. The Morgan fingerprint density at radius 1 is 1.09 bits per heavy atom. The number of amides is 1. The van der Waals surface area contributed by atoms with E-state index in [0.717, 1.165) is 11.3 Å². The summed E-state index contributed by atoms with van der Waals surface area (Å²) < 4.78 is 37.1. The van der Waals surface area contributed by atoms with Crippen LogP contribution in [0.5, 0.6) is 11.5 Å². The van der Waals surface area contributed by atoms with Crippen molar-refractivity contribution in [1.29, 1.82) is 0 Å². The highest BCUT2D eigenvalue weighted by Crippen LogP contribution is 2.35. The first-order chi connectivity index (χ1) is 15.4. The fourth-order valence-corrected chi connectivity index (χ4v) is 6.09. The molecular formula is C22H22N2O6S2. The van der Waals surface area contributed by atoms with Crippen molar-refractivity contribution in [3.05, 3.63) is 59.4 Å². The topological polar surface area (TPSA) is 115 Å². The first-order valence-electron chi connectivity index (χ1n) is 9.93. The number of thiazole rings is 1. The molecule has 1 saturated heterocycles. The van der Waals surface area contributed by atoms with Crippen molar-refractivity contribution in [1.82, 2.24) is 10.5 Å². The van der Waals surface area contributed by atoms with Crippen LogP contribution in [0.25, 0.3) is 11.3 Å². The summed E-state index contributed by atoms with van der Waals surface area (Å²) in [4.78, 5) is 16.6. The molecule has 0 aliphatic carbocycles. The van der Waals surface area contributed by atoms with Crippen LogP contribution in [0.2, 0.25) is 0 Å². The van der Waals surface area contributed by atoms with Crippen LogP contribution < -0.4 is 10.2 Å². The van der Waals surface area contributed by atoms with Crippen molar-refractivity contribution in [2.45, 2.75) is 17.7 Å². The zero-order chi connectivity index (χ0) is 22.6. The monoisotopic (exact) mass is 474 g/mol. The van der Waals surface area contributed by atoms with Crippen molar-refractivity contribution in [2.75, 3.05) is 19.0 Å². The Morgan fingerprint density at radius 2 is 1.72 bits per heavy atom. The summed E-state index contributed by atoms with van der Waals surface area (Å²) in [6.45, 7) is 0.522. The van der Waals surface area contributed by atoms with Crippen LogP contribution in [0.4, 0.5) is 0 Å². The standard InChI is InChI=1S/C22H22N2O6S2/c25-21(24-26)22(9-11-29-12-10-22)14-32(27,28)19-7-5-18(6-8-19)30-17-3-1-16(2-4-17)20-13-31-15-23-20/h1-8,13,15,26H,9-12,14H2,(H,24,25). The van der Waals surface area contributed by atoms with Gasteiger partial charge in [-0.2, -0.15) is 0 Å². The van der Waals surface area contributed by atoms with Gasteiger partial charge in [-0.25, -0.2) is 18.9 Å². The molecule has 1 amide bonds. The van der Waals surface area contributed by atoms with E-state index in [-0.39, 0.29) is 31.0 Å². The van der Waals surface area contributed by atoms with Crippen molar-refractivity contribution in [3.8, 4) is 22.8 Å². The number of aromatic nitrogens is 1. The first-order valence-corrected chi connectivity index (χ1v) is 12.5. The Kier molecular flexibility index (Phi) is 6.56. The van der Waals surface area contributed by atoms with Gasteiger partial charge in [0.15, 0.2) is 9.84 Å². The number of hydroxylamine groups is 1. The van der Waals surface area contributed by atoms with Crippen molar-refractivity contribution in [3.63, 3.8) is 0 Å². The molecule has 1 aliphatic rings. The molecule has 3 aromatic rings. The minimum absolute atomic E-state index is 0.0836. The van der Waals surface area contributed by atoms with E-state index in [9.17, 15) is 13.2 Å². The van der Waals surface area contributed by atoms with Gasteiger partial charge in [-0.05, 0) is 61.4 Å². The molecule has 10 heteroatoms. The quantitative estimate of drug-likeness (QED) is 0.396. The highest BCUT2D eigenvalue weighted by molar-refractivity contribution is 7.91. The van der Waals surface area contributed by atoms with Crippen molar-refractivity contribution in [2.24, 2.45) is 5.41 Å². The fraction of sp³-hybridized carbons (Fsp3) is 0.273. The SMILES string of the molecule is O=C(NO)C1(CS(=O)(=O)c2ccc(Oc3ccc(-c4cscn4)cc3)cc2)CCOCC1. The minimum atomic E-state index is -3.78. The number of nitrogens with one attached hydrogen (secondary N) is 1. The Balaban J connectivity index is 1.47. The average Bonchev–Trinajstić information content (AvgIpc) is 3.35. The van der Waals surface area contributed by atoms with Gasteiger partial charge in [-0.1, -0.05) is 0 Å². The molecule has 4 rings (SSSR count). The summed E-state index contributed by atoms with van der Waals surface area (Å²) in [6, 6.07) is 13.5. The zero-order valence-corrected chi connectivity index (χ0v) is 18.7. The molecule has 0 spiro atoms. The second-order valence-electron chi connectivity index (χ2n) is 7.56. The van der Waals surface area contributed by atoms with Gasteiger partial charge in [0, 0.05) is 24.2 Å². The molecule has 0 radical (unpaired) electrons. The maximum Gasteiger partial charge on any atom is 0.250 e. The van der Waals surface area contributed by atoms with Gasteiger partial charge < -0.3 is 9.47 Å². The van der Waals surface area contributed by atoms with E-state index in [1.165, 1.54) is 23.5 Å². The van der Waals surface area contributed by atoms with Crippen LogP contribution in [0.15, 0.2) is 64.3 Å². The van der Waals surface area contributed by atoms with E-state index >= 15 is 0 Å². The van der Waals surface area contributed by atoms with Crippen LogP contribution in [-0.4, -0.2) is 43.5 Å². The van der Waals surface area contributed by atoms with Crippen molar-refractivity contribution < 1.29 is 27.9 Å². The lowest BCUT2D eigenvalue weighted by Gasteiger charge is -2.34. The Labute approximate surface area is 189 Å². The molecule has 2 heterocycles. The molecule has 2 N–H and O–H groups in total. The molecule has 32 heavy (non-hydrogen) atoms. The van der Waals surface area contributed by atoms with Gasteiger partial charge in [-0.15, -0.1) is 11.3 Å². The van der Waals surface area contributed by atoms with E-state index in [4.69, 9.17) is 14.7 Å². The minimum Gasteiger partial charge on any atom is -0.457 e. The Morgan fingerprint density at radius 3 is 2.28 bits per heavy atom. The molecule has 1 fully saturated rings. The molecule has 1 aromatic heterocycles. The van der Waals surface area contributed by atoms with E-state index in [1.807, 2.05) is 29.6 Å². The lowest BCUT2D eigenvalue weighted by Crippen LogP contribution is -2.47. The number of sulfone groups is 1. The summed E-state index contributed by atoms with van der Waals surface area (Å²) in [6.07, 6.45) is 0.438.